The molecule has 8 aromatic heterocycles. The molecule has 0 radical (unpaired) electrons. The first-order chi connectivity index (χ1) is 55.6. The molecule has 13 nitrogen and oxygen atoms in total. The van der Waals surface area contributed by atoms with Crippen LogP contribution in [0.4, 0.5) is 13.2 Å². The Bertz CT molecular complexity index is 5440. The Kier molecular flexibility index (Phi) is 37.7. The van der Waals surface area contributed by atoms with Gasteiger partial charge in [-0.25, -0.2) is 8.42 Å². The summed E-state index contributed by atoms with van der Waals surface area (Å²) in [5, 5.41) is 18.6. The van der Waals surface area contributed by atoms with Gasteiger partial charge in [0.1, 0.15) is 16.7 Å². The van der Waals surface area contributed by atoms with Crippen molar-refractivity contribution in [3.63, 3.8) is 0 Å². The molecule has 16 aromatic rings. The predicted molar refractivity (Wildman–Crippen MR) is 463 cm³/mol. The van der Waals surface area contributed by atoms with Crippen molar-refractivity contribution in [3.8, 4) is 67.5 Å². The number of hydrogen-bond acceptors (Lipinski definition) is 13. The third-order valence-electron chi connectivity index (χ3n) is 18.7. The first-order valence-corrected chi connectivity index (χ1v) is 39.2. The van der Waals surface area contributed by atoms with E-state index in [2.05, 4.69) is 220 Å². The van der Waals surface area contributed by atoms with E-state index >= 15 is 0 Å². The Hall–Kier alpha value is -10.8. The Balaban J connectivity index is 0.000000217. The van der Waals surface area contributed by atoms with Crippen LogP contribution in [0.5, 0.6) is 0 Å². The average Bonchev–Trinajstić information content (AvgIpc) is 1.64. The molecule has 0 spiro atoms. The zero-order valence-corrected chi connectivity index (χ0v) is 74.7. The molecule has 0 aliphatic rings. The summed E-state index contributed by atoms with van der Waals surface area (Å²) in [6.45, 7) is 29.9. The summed E-state index contributed by atoms with van der Waals surface area (Å²) in [5.74, 6) is 1.26. The summed E-state index contributed by atoms with van der Waals surface area (Å²) >= 11 is 0. The van der Waals surface area contributed by atoms with Crippen molar-refractivity contribution in [2.75, 3.05) is 14.2 Å². The van der Waals surface area contributed by atoms with E-state index in [1.54, 1.807) is 0 Å². The minimum absolute atomic E-state index is 0. The van der Waals surface area contributed by atoms with Crippen LogP contribution in [0.2, 0.25) is 0 Å². The molecule has 0 saturated heterocycles. The SMILES string of the molecule is CO.CO.Cc1cc(-c2[c-]ccc3c2oc2ccccc23)ncc1CC(C)C.Cc1cc(-c2cccc3c2oc2ccccc23)ncc1CC(C)C.Cc1cnc(-c2[c-]cccc2)cc1C.Cc1cnc(-c2[c-]cccc2)cc1C.Cc1cnc(-c2[c-]cccc2)cc1C.Cc1cnc(-c2[c-]cccc2)cc1C.O=S(=O)([O-])C(F)(F)F.[Ir+3].[Ir+3]. The van der Waals surface area contributed by atoms with Gasteiger partial charge in [-0.2, -0.15) is 13.2 Å². The molecule has 0 unspecified atom stereocenters. The molecule has 2 N–H and O–H groups in total. The number of aryl methyl sites for hydroxylation is 10. The number of benzene rings is 8. The fourth-order valence-electron chi connectivity index (χ4n) is 11.9. The van der Waals surface area contributed by atoms with Crippen molar-refractivity contribution in [2.24, 2.45) is 11.8 Å². The van der Waals surface area contributed by atoms with Crippen LogP contribution in [0.25, 0.3) is 111 Å². The van der Waals surface area contributed by atoms with Crippen LogP contribution in [0, 0.1) is 111 Å². The van der Waals surface area contributed by atoms with Crippen LogP contribution in [0.1, 0.15) is 94.5 Å². The molecule has 0 atom stereocenters. The zero-order chi connectivity index (χ0) is 84.2. The molecule has 0 bridgehead atoms. The molecule has 0 saturated carbocycles. The quantitative estimate of drug-likeness (QED) is 0.0745. The van der Waals surface area contributed by atoms with E-state index in [1.165, 1.54) is 66.8 Å². The summed E-state index contributed by atoms with van der Waals surface area (Å²) in [6.07, 6.45) is 13.8. The van der Waals surface area contributed by atoms with Crippen molar-refractivity contribution in [1.29, 1.82) is 0 Å². The molecule has 16 rings (SSSR count). The normalized spacial score (nSPS) is 10.6. The molecular weight excluding hydrogens is 1860 g/mol. The van der Waals surface area contributed by atoms with Gasteiger partial charge in [0.2, 0.25) is 0 Å². The van der Waals surface area contributed by atoms with Gasteiger partial charge in [-0.3, -0.25) is 4.98 Å². The molecule has 0 fully saturated rings. The summed E-state index contributed by atoms with van der Waals surface area (Å²) in [6, 6.07) is 86.9. The van der Waals surface area contributed by atoms with Gasteiger partial charge in [-0.1, -0.05) is 145 Å². The van der Waals surface area contributed by atoms with Crippen molar-refractivity contribution in [3.05, 3.63) is 347 Å². The molecule has 8 heterocycles. The Labute approximate surface area is 719 Å². The molecule has 0 amide bonds. The van der Waals surface area contributed by atoms with Gasteiger partial charge in [0, 0.05) is 73.1 Å². The van der Waals surface area contributed by atoms with Crippen LogP contribution >= 0.6 is 0 Å². The van der Waals surface area contributed by atoms with Crippen LogP contribution in [0.15, 0.2) is 258 Å². The van der Waals surface area contributed by atoms with E-state index in [4.69, 9.17) is 42.0 Å². The van der Waals surface area contributed by atoms with Gasteiger partial charge < -0.3 is 48.5 Å². The smallest absolute Gasteiger partial charge is 0.741 e. The number of alkyl halides is 3. The topological polar surface area (TPSA) is 201 Å². The fourth-order valence-corrected chi connectivity index (χ4v) is 11.9. The second-order valence-electron chi connectivity index (χ2n) is 28.3. The van der Waals surface area contributed by atoms with Gasteiger partial charge in [0.25, 0.3) is 0 Å². The van der Waals surface area contributed by atoms with E-state index < -0.39 is 15.6 Å². The number of furan rings is 2. The van der Waals surface area contributed by atoms with Crippen molar-refractivity contribution < 1.29 is 85.4 Å². The first kappa shape index (κ1) is 96.0. The van der Waals surface area contributed by atoms with Crippen LogP contribution in [-0.4, -0.2) is 72.8 Å². The summed E-state index contributed by atoms with van der Waals surface area (Å²) in [5.41, 5.74) is 25.2. The molecule has 0 aliphatic heterocycles. The Morgan fingerprint density at radius 1 is 0.356 bits per heavy atom. The summed E-state index contributed by atoms with van der Waals surface area (Å²) in [4.78, 5) is 26.9. The van der Waals surface area contributed by atoms with Gasteiger partial charge >= 0.3 is 45.7 Å². The number of aliphatic hydroxyl groups excluding tert-OH is 2. The Morgan fingerprint density at radius 2 is 0.653 bits per heavy atom. The molecule has 610 valence electrons. The maximum atomic E-state index is 10.7. The standard InChI is InChI=1S/C22H21NO.C22H20NO.4C13H12N.CHF3O3S.2CH4O.2Ir/c2*1-14(2)11-16-13-23-20(12-15(16)3)19-9-6-8-18-17-7-4-5-10-21(17)24-22(18)19;4*1-10-8-13(14-9-11(10)2)12-6-4-3-5-7-12;2-1(3,4)8(5,6)7;2*1-2;;/h4-10,12-14H,11H2,1-3H3;4-8,10,12-14H,11H2,1-3H3;4*3-6,8-9H,1-2H3;(H,5,6,7);2*2H,1H3;;/q;5*-1;;;;2*+3/p-1. The number of nitrogens with zero attached hydrogens (tertiary/aromatic N) is 6. The maximum absolute atomic E-state index is 10.7. The monoisotopic (exact) mass is 1960 g/mol. The van der Waals surface area contributed by atoms with Crippen molar-refractivity contribution in [1.82, 2.24) is 29.9 Å². The van der Waals surface area contributed by atoms with Gasteiger partial charge in [-0.15, -0.1) is 162 Å². The summed E-state index contributed by atoms with van der Waals surface area (Å²) < 4.78 is 71.1. The van der Waals surface area contributed by atoms with Gasteiger partial charge in [-0.05, 0) is 186 Å². The molecule has 19 heteroatoms. The number of aromatic nitrogens is 6. The second-order valence-corrected chi connectivity index (χ2v) is 29.7. The van der Waals surface area contributed by atoms with Gasteiger partial charge in [0.05, 0.1) is 11.3 Å². The second kappa shape index (κ2) is 46.4. The zero-order valence-electron chi connectivity index (χ0n) is 69.1. The number of pyridine rings is 6. The number of hydrogen-bond donors (Lipinski definition) is 2. The third-order valence-corrected chi connectivity index (χ3v) is 19.3. The van der Waals surface area contributed by atoms with E-state index in [0.717, 1.165) is 138 Å². The predicted octanol–water partition coefficient (Wildman–Crippen LogP) is 24.0. The first-order valence-electron chi connectivity index (χ1n) is 37.8. The maximum Gasteiger partial charge on any atom is 3.00 e. The van der Waals surface area contributed by atoms with E-state index in [0.29, 0.717) is 11.8 Å². The molecule has 0 aliphatic carbocycles. The minimum Gasteiger partial charge on any atom is -0.741 e. The molecule has 8 aromatic carbocycles. The van der Waals surface area contributed by atoms with Crippen LogP contribution < -0.4 is 0 Å². The van der Waals surface area contributed by atoms with Crippen LogP contribution in [0.3, 0.4) is 0 Å². The number of aliphatic hydroxyl groups is 2. The van der Waals surface area contributed by atoms with Crippen molar-refractivity contribution in [2.45, 2.75) is 115 Å². The number of halogens is 3. The largest absolute Gasteiger partial charge is 3.00 e. The average molecular weight is 1960 g/mol. The number of fused-ring (bicyclic) bond motifs is 6. The summed E-state index contributed by atoms with van der Waals surface area (Å²) in [7, 11) is -4.09. The number of rotatable bonds is 10. The van der Waals surface area contributed by atoms with Gasteiger partial charge in [0.15, 0.2) is 10.1 Å². The van der Waals surface area contributed by atoms with E-state index in [1.807, 2.05) is 177 Å². The minimum atomic E-state index is -6.09. The van der Waals surface area contributed by atoms with Crippen LogP contribution in [-0.2, 0) is 63.2 Å². The molecule has 118 heavy (non-hydrogen) atoms. The molecular formula is C99H97F3Ir2N6O7S. The van der Waals surface area contributed by atoms with E-state index in [-0.39, 0.29) is 40.2 Å². The third kappa shape index (κ3) is 26.9. The fraction of sp³-hybridized carbons (Fsp3) is 0.212. The Morgan fingerprint density at radius 3 is 0.975 bits per heavy atom. The van der Waals surface area contributed by atoms with Crippen molar-refractivity contribution >= 4 is 54.0 Å². The van der Waals surface area contributed by atoms with E-state index in [9.17, 15) is 13.2 Å². The number of para-hydroxylation sites is 3.